The highest BCUT2D eigenvalue weighted by Crippen LogP contribution is 2.32. The number of aryl methyl sites for hydroxylation is 1. The molecule has 0 aliphatic heterocycles. The molecule has 0 spiro atoms. The Labute approximate surface area is 109 Å². The summed E-state index contributed by atoms with van der Waals surface area (Å²) in [6.07, 6.45) is 6.89. The lowest BCUT2D eigenvalue weighted by atomic mass is 10.2. The molecule has 0 atom stereocenters. The molecule has 1 aromatic heterocycles. The monoisotopic (exact) mass is 249 g/mol. The van der Waals surface area contributed by atoms with E-state index in [0.717, 1.165) is 49.7 Å². The number of hydrogen-bond acceptors (Lipinski definition) is 4. The first-order valence-electron chi connectivity index (χ1n) is 6.95. The maximum absolute atomic E-state index is 5.58. The summed E-state index contributed by atoms with van der Waals surface area (Å²) in [5, 5.41) is 3.36. The fraction of sp³-hybridized carbons (Fsp3) is 0.714. The minimum Gasteiger partial charge on any atom is -0.463 e. The van der Waals surface area contributed by atoms with Gasteiger partial charge in [-0.15, -0.1) is 0 Å². The van der Waals surface area contributed by atoms with E-state index in [1.54, 1.807) is 0 Å². The number of ether oxygens (including phenoxy) is 1. The van der Waals surface area contributed by atoms with Crippen LogP contribution in [0.4, 0.5) is 0 Å². The van der Waals surface area contributed by atoms with Crippen molar-refractivity contribution in [3.8, 4) is 6.01 Å². The van der Waals surface area contributed by atoms with Crippen LogP contribution in [0.25, 0.3) is 0 Å². The van der Waals surface area contributed by atoms with Crippen molar-refractivity contribution in [2.45, 2.75) is 46.1 Å². The van der Waals surface area contributed by atoms with Crippen LogP contribution < -0.4 is 10.1 Å². The topological polar surface area (TPSA) is 47.0 Å². The molecule has 0 bridgehead atoms. The van der Waals surface area contributed by atoms with Crippen LogP contribution in [0.3, 0.4) is 0 Å². The van der Waals surface area contributed by atoms with Gasteiger partial charge in [0.25, 0.3) is 0 Å². The zero-order valence-corrected chi connectivity index (χ0v) is 11.4. The Morgan fingerprint density at radius 3 is 2.94 bits per heavy atom. The van der Waals surface area contributed by atoms with Crippen LogP contribution in [0.5, 0.6) is 6.01 Å². The van der Waals surface area contributed by atoms with Gasteiger partial charge in [0.1, 0.15) is 0 Å². The maximum Gasteiger partial charge on any atom is 0.316 e. The van der Waals surface area contributed by atoms with Gasteiger partial charge < -0.3 is 10.1 Å². The molecule has 1 aliphatic rings. The Hall–Kier alpha value is -1.16. The van der Waals surface area contributed by atoms with Crippen LogP contribution in [-0.4, -0.2) is 23.1 Å². The van der Waals surface area contributed by atoms with Gasteiger partial charge in [-0.2, -0.15) is 0 Å². The lowest BCUT2D eigenvalue weighted by Gasteiger charge is -2.08. The summed E-state index contributed by atoms with van der Waals surface area (Å²) in [7, 11) is 0. The molecule has 0 aromatic carbocycles. The number of hydrogen-bond donors (Lipinski definition) is 1. The summed E-state index contributed by atoms with van der Waals surface area (Å²) in [6, 6.07) is 0.521. The lowest BCUT2D eigenvalue weighted by molar-refractivity contribution is 0.278. The first-order chi connectivity index (χ1) is 8.79. The van der Waals surface area contributed by atoms with Crippen molar-refractivity contribution in [1.29, 1.82) is 0 Å². The molecular weight excluding hydrogens is 226 g/mol. The van der Waals surface area contributed by atoms with Gasteiger partial charge in [-0.3, -0.25) is 0 Å². The molecule has 0 radical (unpaired) electrons. The van der Waals surface area contributed by atoms with E-state index in [2.05, 4.69) is 22.2 Å². The minimum absolute atomic E-state index is 0.521. The summed E-state index contributed by atoms with van der Waals surface area (Å²) in [5.41, 5.74) is 2.16. The second-order valence-electron chi connectivity index (χ2n) is 5.02. The molecule has 1 heterocycles. The van der Waals surface area contributed by atoms with E-state index in [1.165, 1.54) is 12.8 Å². The highest BCUT2D eigenvalue weighted by Gasteiger charge is 2.20. The molecule has 1 N–H and O–H groups in total. The van der Waals surface area contributed by atoms with Gasteiger partial charge in [0.15, 0.2) is 0 Å². The third-order valence-electron chi connectivity index (χ3n) is 3.26. The smallest absolute Gasteiger partial charge is 0.316 e. The Morgan fingerprint density at radius 2 is 2.28 bits per heavy atom. The highest BCUT2D eigenvalue weighted by atomic mass is 16.5. The largest absolute Gasteiger partial charge is 0.463 e. The molecule has 1 aliphatic carbocycles. The summed E-state index contributed by atoms with van der Waals surface area (Å²) < 4.78 is 5.58. The van der Waals surface area contributed by atoms with E-state index in [9.17, 15) is 0 Å². The predicted molar refractivity (Wildman–Crippen MR) is 71.6 cm³/mol. The molecule has 2 rings (SSSR count). The third-order valence-corrected chi connectivity index (χ3v) is 3.26. The summed E-state index contributed by atoms with van der Waals surface area (Å²) >= 11 is 0. The molecule has 1 fully saturated rings. The fourth-order valence-electron chi connectivity index (χ4n) is 1.84. The number of nitrogens with zero attached hydrogens (tertiary/aromatic N) is 2. The van der Waals surface area contributed by atoms with Crippen LogP contribution in [0, 0.1) is 12.8 Å². The van der Waals surface area contributed by atoms with E-state index in [1.807, 2.05) is 13.1 Å². The Kier molecular flexibility index (Phi) is 4.93. The van der Waals surface area contributed by atoms with Crippen LogP contribution >= 0.6 is 0 Å². The zero-order chi connectivity index (χ0) is 12.8. The lowest BCUT2D eigenvalue weighted by Crippen LogP contribution is -2.15. The van der Waals surface area contributed by atoms with Gasteiger partial charge in [-0.25, -0.2) is 9.97 Å². The molecule has 0 saturated heterocycles. The first kappa shape index (κ1) is 13.3. The van der Waals surface area contributed by atoms with Crippen molar-refractivity contribution in [3.05, 3.63) is 17.5 Å². The van der Waals surface area contributed by atoms with Gasteiger partial charge >= 0.3 is 6.01 Å². The second kappa shape index (κ2) is 6.69. The molecule has 0 unspecified atom stereocenters. The standard InChI is InChI=1S/C14H23N3O/c1-3-7-15-9-13-10-16-14(17-11(13)2)18-8-6-12-4-5-12/h10,12,15H,3-9H2,1-2H3. The van der Waals surface area contributed by atoms with Crippen molar-refractivity contribution in [2.24, 2.45) is 5.92 Å². The van der Waals surface area contributed by atoms with Crippen LogP contribution in [0.15, 0.2) is 6.20 Å². The molecule has 1 saturated carbocycles. The van der Waals surface area contributed by atoms with E-state index < -0.39 is 0 Å². The van der Waals surface area contributed by atoms with Crippen LogP contribution in [-0.2, 0) is 6.54 Å². The van der Waals surface area contributed by atoms with Gasteiger partial charge in [-0.1, -0.05) is 19.8 Å². The van der Waals surface area contributed by atoms with E-state index in [4.69, 9.17) is 4.74 Å². The number of nitrogens with one attached hydrogen (secondary N) is 1. The van der Waals surface area contributed by atoms with Crippen molar-refractivity contribution in [3.63, 3.8) is 0 Å². The molecule has 0 amide bonds. The van der Waals surface area contributed by atoms with Crippen molar-refractivity contribution < 1.29 is 4.74 Å². The van der Waals surface area contributed by atoms with E-state index in [0.29, 0.717) is 6.01 Å². The van der Waals surface area contributed by atoms with Crippen LogP contribution in [0.1, 0.15) is 43.9 Å². The SMILES string of the molecule is CCCNCc1cnc(OCCC2CC2)nc1C. The summed E-state index contributed by atoms with van der Waals surface area (Å²) in [5.74, 6) is 0.892. The summed E-state index contributed by atoms with van der Waals surface area (Å²) in [6.45, 7) is 6.78. The molecular formula is C14H23N3O. The van der Waals surface area contributed by atoms with Gasteiger partial charge in [0.2, 0.25) is 0 Å². The quantitative estimate of drug-likeness (QED) is 0.719. The molecule has 18 heavy (non-hydrogen) atoms. The zero-order valence-electron chi connectivity index (χ0n) is 11.4. The summed E-state index contributed by atoms with van der Waals surface area (Å²) in [4.78, 5) is 8.66. The van der Waals surface area contributed by atoms with E-state index >= 15 is 0 Å². The van der Waals surface area contributed by atoms with Gasteiger partial charge in [-0.05, 0) is 32.2 Å². The third kappa shape index (κ3) is 4.26. The molecule has 1 aromatic rings. The Balaban J connectivity index is 1.79. The average Bonchev–Trinajstić information content (AvgIpc) is 3.16. The van der Waals surface area contributed by atoms with Crippen molar-refractivity contribution >= 4 is 0 Å². The fourth-order valence-corrected chi connectivity index (χ4v) is 1.84. The predicted octanol–water partition coefficient (Wildman–Crippen LogP) is 2.46. The Morgan fingerprint density at radius 1 is 1.44 bits per heavy atom. The van der Waals surface area contributed by atoms with Gasteiger partial charge in [0, 0.05) is 24.0 Å². The highest BCUT2D eigenvalue weighted by molar-refractivity contribution is 5.17. The molecule has 4 heteroatoms. The molecule has 100 valence electrons. The normalized spacial score (nSPS) is 14.8. The van der Waals surface area contributed by atoms with Crippen molar-refractivity contribution in [1.82, 2.24) is 15.3 Å². The van der Waals surface area contributed by atoms with Crippen molar-refractivity contribution in [2.75, 3.05) is 13.2 Å². The first-order valence-corrected chi connectivity index (χ1v) is 6.95. The van der Waals surface area contributed by atoms with Crippen LogP contribution in [0.2, 0.25) is 0 Å². The second-order valence-corrected chi connectivity index (χ2v) is 5.02. The minimum atomic E-state index is 0.521. The van der Waals surface area contributed by atoms with E-state index in [-0.39, 0.29) is 0 Å². The number of rotatable bonds is 8. The maximum atomic E-state index is 5.58. The Bertz CT molecular complexity index is 377. The molecule has 4 nitrogen and oxygen atoms in total. The average molecular weight is 249 g/mol. The number of aromatic nitrogens is 2. The van der Waals surface area contributed by atoms with Gasteiger partial charge in [0.05, 0.1) is 6.61 Å².